The predicted octanol–water partition coefficient (Wildman–Crippen LogP) is 7.75. The highest BCUT2D eigenvalue weighted by Gasteiger charge is 2.27. The Morgan fingerprint density at radius 2 is 1.19 bits per heavy atom. The number of hydrogen-bond donors (Lipinski definition) is 0. The van der Waals surface area contributed by atoms with Crippen molar-refractivity contribution in [1.29, 1.82) is 0 Å². The topological polar surface area (TPSA) is 0 Å². The molecule has 27 heavy (non-hydrogen) atoms. The third kappa shape index (κ3) is 5.71. The zero-order valence-corrected chi connectivity index (χ0v) is 19.2. The maximum absolute atomic E-state index is 2.35. The molecule has 0 unspecified atom stereocenters. The third-order valence-corrected chi connectivity index (χ3v) is 5.44. The molecule has 2 rings (SSSR count). The molecule has 0 radical (unpaired) electrons. The first-order valence-electron chi connectivity index (χ1n) is 10.5. The van der Waals surface area contributed by atoms with Crippen molar-refractivity contribution in [2.45, 2.75) is 97.8 Å². The molecular formula is C27H40. The Balaban J connectivity index is 2.17. The van der Waals surface area contributed by atoms with Crippen molar-refractivity contribution in [2.24, 2.45) is 0 Å². The summed E-state index contributed by atoms with van der Waals surface area (Å²) in [6, 6.07) is 16.2. The number of aryl methyl sites for hydroxylation is 2. The quantitative estimate of drug-likeness (QED) is 0.520. The van der Waals surface area contributed by atoms with Crippen molar-refractivity contribution in [3.63, 3.8) is 0 Å². The van der Waals surface area contributed by atoms with Crippen molar-refractivity contribution in [3.05, 3.63) is 70.3 Å². The van der Waals surface area contributed by atoms with E-state index in [1.807, 2.05) is 0 Å². The number of rotatable bonds is 4. The molecular weight excluding hydrogens is 324 g/mol. The Hall–Kier alpha value is -1.56. The lowest BCUT2D eigenvalue weighted by atomic mass is 9.72. The Bertz CT molecular complexity index is 741. The van der Waals surface area contributed by atoms with E-state index in [1.54, 1.807) is 5.56 Å². The standard InChI is InChI=1S/C27H40/c1-25(2,3)22-18-16-20(17-19-22)12-10-13-21-14-11-15-23(26(4,5)6)24(21)27(7,8)9/h11,14-19H,10,12-13H2,1-9H3. The van der Waals surface area contributed by atoms with Crippen LogP contribution in [0.15, 0.2) is 42.5 Å². The molecule has 0 bridgehead atoms. The summed E-state index contributed by atoms with van der Waals surface area (Å²) in [6.45, 7) is 20.9. The molecule has 2 aromatic rings. The van der Waals surface area contributed by atoms with Crippen LogP contribution in [-0.2, 0) is 29.1 Å². The van der Waals surface area contributed by atoms with Crippen LogP contribution in [0.2, 0.25) is 0 Å². The van der Waals surface area contributed by atoms with Crippen LogP contribution in [0.1, 0.15) is 96.6 Å². The summed E-state index contributed by atoms with van der Waals surface area (Å²) < 4.78 is 0. The summed E-state index contributed by atoms with van der Waals surface area (Å²) in [5.74, 6) is 0. The summed E-state index contributed by atoms with van der Waals surface area (Å²) in [7, 11) is 0. The molecule has 0 aromatic heterocycles. The van der Waals surface area contributed by atoms with Crippen LogP contribution < -0.4 is 0 Å². The lowest BCUT2D eigenvalue weighted by molar-refractivity contribution is 0.523. The number of benzene rings is 2. The van der Waals surface area contributed by atoms with E-state index in [4.69, 9.17) is 0 Å². The summed E-state index contributed by atoms with van der Waals surface area (Å²) in [6.07, 6.45) is 3.50. The minimum absolute atomic E-state index is 0.174. The van der Waals surface area contributed by atoms with E-state index in [0.29, 0.717) is 0 Å². The van der Waals surface area contributed by atoms with Gasteiger partial charge >= 0.3 is 0 Å². The van der Waals surface area contributed by atoms with E-state index < -0.39 is 0 Å². The second-order valence-corrected chi connectivity index (χ2v) is 11.1. The van der Waals surface area contributed by atoms with Gasteiger partial charge in [0.1, 0.15) is 0 Å². The normalized spacial score (nSPS) is 13.1. The molecule has 0 fully saturated rings. The highest BCUT2D eigenvalue weighted by Crippen LogP contribution is 2.36. The second kappa shape index (κ2) is 7.82. The minimum atomic E-state index is 0.174. The van der Waals surface area contributed by atoms with Crippen molar-refractivity contribution in [2.75, 3.05) is 0 Å². The Morgan fingerprint density at radius 3 is 1.67 bits per heavy atom. The largest absolute Gasteiger partial charge is 0.0617 e. The molecule has 0 nitrogen and oxygen atoms in total. The lowest BCUT2D eigenvalue weighted by Crippen LogP contribution is -2.24. The lowest BCUT2D eigenvalue weighted by Gasteiger charge is -2.32. The first kappa shape index (κ1) is 21.7. The van der Waals surface area contributed by atoms with Crippen LogP contribution in [-0.4, -0.2) is 0 Å². The molecule has 2 aromatic carbocycles. The Kier molecular flexibility index (Phi) is 6.30. The molecule has 0 amide bonds. The molecule has 0 spiro atoms. The van der Waals surface area contributed by atoms with E-state index in [1.165, 1.54) is 28.7 Å². The monoisotopic (exact) mass is 364 g/mol. The van der Waals surface area contributed by atoms with Gasteiger partial charge in [0.05, 0.1) is 0 Å². The van der Waals surface area contributed by atoms with Gasteiger partial charge in [-0.2, -0.15) is 0 Å². The average molecular weight is 365 g/mol. The fourth-order valence-electron chi connectivity index (χ4n) is 3.97. The van der Waals surface area contributed by atoms with Gasteiger partial charge in [0, 0.05) is 0 Å². The maximum Gasteiger partial charge on any atom is -0.0126 e. The molecule has 0 aliphatic rings. The van der Waals surface area contributed by atoms with Crippen LogP contribution in [0.5, 0.6) is 0 Å². The Labute approximate surface area is 168 Å². The highest BCUT2D eigenvalue weighted by atomic mass is 14.3. The predicted molar refractivity (Wildman–Crippen MR) is 121 cm³/mol. The van der Waals surface area contributed by atoms with Gasteiger partial charge in [0.2, 0.25) is 0 Å². The summed E-state index contributed by atoms with van der Waals surface area (Å²) >= 11 is 0. The van der Waals surface area contributed by atoms with E-state index >= 15 is 0 Å². The zero-order chi connectivity index (χ0) is 20.5. The number of hydrogen-bond acceptors (Lipinski definition) is 0. The Morgan fingerprint density at radius 1 is 0.593 bits per heavy atom. The summed E-state index contributed by atoms with van der Waals surface area (Å²) in [5.41, 5.74) is 8.04. The maximum atomic E-state index is 2.35. The first-order chi connectivity index (χ1) is 12.3. The van der Waals surface area contributed by atoms with Gasteiger partial charge in [0.15, 0.2) is 0 Å². The van der Waals surface area contributed by atoms with Crippen LogP contribution in [0.4, 0.5) is 0 Å². The van der Waals surface area contributed by atoms with Crippen LogP contribution >= 0.6 is 0 Å². The van der Waals surface area contributed by atoms with Crippen molar-refractivity contribution in [1.82, 2.24) is 0 Å². The fourth-order valence-corrected chi connectivity index (χ4v) is 3.97. The van der Waals surface area contributed by atoms with Crippen LogP contribution in [0.3, 0.4) is 0 Å². The van der Waals surface area contributed by atoms with E-state index in [0.717, 1.165) is 12.8 Å². The highest BCUT2D eigenvalue weighted by molar-refractivity contribution is 5.44. The minimum Gasteiger partial charge on any atom is -0.0617 e. The SMILES string of the molecule is CC(C)(C)c1ccc(CCCc2cccc(C(C)(C)C)c2C(C)(C)C)cc1. The molecule has 0 aliphatic heterocycles. The van der Waals surface area contributed by atoms with Gasteiger partial charge in [-0.3, -0.25) is 0 Å². The molecule has 0 heterocycles. The summed E-state index contributed by atoms with van der Waals surface area (Å²) in [5, 5.41) is 0. The molecule has 0 saturated heterocycles. The average Bonchev–Trinajstić information content (AvgIpc) is 2.52. The van der Waals surface area contributed by atoms with Gasteiger partial charge in [-0.15, -0.1) is 0 Å². The van der Waals surface area contributed by atoms with E-state index in [2.05, 4.69) is 105 Å². The van der Waals surface area contributed by atoms with Gasteiger partial charge in [-0.25, -0.2) is 0 Å². The molecule has 0 saturated carbocycles. The van der Waals surface area contributed by atoms with Gasteiger partial charge in [-0.1, -0.05) is 105 Å². The first-order valence-corrected chi connectivity index (χ1v) is 10.5. The second-order valence-electron chi connectivity index (χ2n) is 11.1. The molecule has 0 aliphatic carbocycles. The smallest absolute Gasteiger partial charge is 0.0126 e. The molecule has 0 heteroatoms. The zero-order valence-electron chi connectivity index (χ0n) is 19.2. The fraction of sp³-hybridized carbons (Fsp3) is 0.556. The van der Waals surface area contributed by atoms with Gasteiger partial charge in [-0.05, 0) is 63.3 Å². The van der Waals surface area contributed by atoms with Crippen molar-refractivity contribution in [3.8, 4) is 0 Å². The third-order valence-electron chi connectivity index (χ3n) is 5.44. The summed E-state index contributed by atoms with van der Waals surface area (Å²) in [4.78, 5) is 0. The van der Waals surface area contributed by atoms with E-state index in [9.17, 15) is 0 Å². The molecule has 0 N–H and O–H groups in total. The van der Waals surface area contributed by atoms with Crippen molar-refractivity contribution >= 4 is 0 Å². The van der Waals surface area contributed by atoms with Gasteiger partial charge in [0.25, 0.3) is 0 Å². The van der Waals surface area contributed by atoms with Gasteiger partial charge < -0.3 is 0 Å². The van der Waals surface area contributed by atoms with Crippen LogP contribution in [0.25, 0.3) is 0 Å². The van der Waals surface area contributed by atoms with Crippen molar-refractivity contribution < 1.29 is 0 Å². The van der Waals surface area contributed by atoms with Crippen LogP contribution in [0, 0.1) is 0 Å². The molecule has 148 valence electrons. The molecule has 0 atom stereocenters. The van der Waals surface area contributed by atoms with E-state index in [-0.39, 0.29) is 16.2 Å².